The highest BCUT2D eigenvalue weighted by Gasteiger charge is 2.44. The number of aromatic nitrogens is 3. The van der Waals surface area contributed by atoms with Gasteiger partial charge in [-0.05, 0) is 63.9 Å². The predicted molar refractivity (Wildman–Crippen MR) is 104 cm³/mol. The van der Waals surface area contributed by atoms with Gasteiger partial charge in [0, 0.05) is 24.0 Å². The molecule has 6 heteroatoms. The highest BCUT2D eigenvalue weighted by atomic mass is 16.5. The second-order valence-corrected chi connectivity index (χ2v) is 8.24. The van der Waals surface area contributed by atoms with E-state index in [1.165, 1.54) is 19.3 Å². The van der Waals surface area contributed by atoms with Crippen molar-refractivity contribution in [2.45, 2.75) is 71.4 Å². The number of imidazole rings is 1. The van der Waals surface area contributed by atoms with Gasteiger partial charge in [-0.15, -0.1) is 0 Å². The number of fused-ring (bicyclic) bond motifs is 3. The van der Waals surface area contributed by atoms with Gasteiger partial charge >= 0.3 is 0 Å². The van der Waals surface area contributed by atoms with Gasteiger partial charge in [-0.1, -0.05) is 13.3 Å². The maximum atomic E-state index is 13.0. The van der Waals surface area contributed by atoms with Crippen LogP contribution in [-0.4, -0.2) is 39.0 Å². The Morgan fingerprint density at radius 2 is 2.04 bits per heavy atom. The molecule has 2 aromatic rings. The number of aryl methyl sites for hydroxylation is 2. The van der Waals surface area contributed by atoms with Gasteiger partial charge in [-0.3, -0.25) is 9.20 Å². The van der Waals surface area contributed by atoms with Crippen molar-refractivity contribution in [3.8, 4) is 0 Å². The van der Waals surface area contributed by atoms with Crippen LogP contribution in [0.15, 0.2) is 12.4 Å². The summed E-state index contributed by atoms with van der Waals surface area (Å²) in [7, 11) is 0. The minimum atomic E-state index is -0.0951. The molecule has 146 valence electrons. The first-order valence-corrected chi connectivity index (χ1v) is 10.3. The van der Waals surface area contributed by atoms with Crippen molar-refractivity contribution in [3.05, 3.63) is 29.5 Å². The summed E-state index contributed by atoms with van der Waals surface area (Å²) in [6.45, 7) is 7.01. The lowest BCUT2D eigenvalue weighted by molar-refractivity contribution is -0.00121. The van der Waals surface area contributed by atoms with Crippen LogP contribution in [0.2, 0.25) is 0 Å². The summed E-state index contributed by atoms with van der Waals surface area (Å²) in [5, 5.41) is 3.29. The fourth-order valence-electron chi connectivity index (χ4n) is 4.90. The Kier molecular flexibility index (Phi) is 5.17. The summed E-state index contributed by atoms with van der Waals surface area (Å²) < 4.78 is 7.96. The lowest BCUT2D eigenvalue weighted by Gasteiger charge is -2.35. The van der Waals surface area contributed by atoms with E-state index < -0.39 is 0 Å². The molecular weight excluding hydrogens is 340 g/mol. The van der Waals surface area contributed by atoms with Gasteiger partial charge in [0.2, 0.25) is 0 Å². The Morgan fingerprint density at radius 1 is 1.30 bits per heavy atom. The first-order valence-electron chi connectivity index (χ1n) is 10.3. The summed E-state index contributed by atoms with van der Waals surface area (Å²) >= 11 is 0. The molecule has 6 nitrogen and oxygen atoms in total. The Bertz CT molecular complexity index is 817. The van der Waals surface area contributed by atoms with Crippen LogP contribution in [0.1, 0.15) is 67.3 Å². The summed E-state index contributed by atoms with van der Waals surface area (Å²) in [5.74, 6) is 0.941. The third-order valence-electron chi connectivity index (χ3n) is 6.24. The number of hydrogen-bond acceptors (Lipinski definition) is 4. The largest absolute Gasteiger partial charge is 0.378 e. The molecule has 0 aliphatic heterocycles. The minimum Gasteiger partial charge on any atom is -0.378 e. The molecule has 4 atom stereocenters. The van der Waals surface area contributed by atoms with Gasteiger partial charge in [0.05, 0.1) is 6.10 Å². The van der Waals surface area contributed by atoms with Gasteiger partial charge in [0.25, 0.3) is 5.91 Å². The van der Waals surface area contributed by atoms with Crippen molar-refractivity contribution in [3.63, 3.8) is 0 Å². The molecule has 4 rings (SSSR count). The minimum absolute atomic E-state index is 0.0951. The molecule has 1 unspecified atom stereocenters. The summed E-state index contributed by atoms with van der Waals surface area (Å²) in [5.41, 5.74) is 3.02. The maximum absolute atomic E-state index is 13.0. The molecule has 2 aromatic heterocycles. The van der Waals surface area contributed by atoms with E-state index in [2.05, 4.69) is 22.2 Å². The number of nitrogens with zero attached hydrogens (tertiary/aromatic N) is 3. The number of rotatable bonds is 6. The predicted octanol–water partition coefficient (Wildman–Crippen LogP) is 3.45. The fraction of sp³-hybridized carbons (Fsp3) is 0.667. The van der Waals surface area contributed by atoms with E-state index in [0.29, 0.717) is 29.3 Å². The molecule has 1 N–H and O–H groups in total. The number of carbonyl (C=O) groups is 1. The van der Waals surface area contributed by atoms with Crippen molar-refractivity contribution < 1.29 is 9.53 Å². The molecule has 0 radical (unpaired) electrons. The molecular formula is C21H30N4O2. The normalized spacial score (nSPS) is 27.2. The lowest BCUT2D eigenvalue weighted by Crippen LogP contribution is -2.46. The first-order chi connectivity index (χ1) is 13.1. The monoisotopic (exact) mass is 370 g/mol. The second-order valence-electron chi connectivity index (χ2n) is 8.24. The van der Waals surface area contributed by atoms with E-state index in [1.807, 2.05) is 24.3 Å². The molecule has 2 aliphatic rings. The summed E-state index contributed by atoms with van der Waals surface area (Å²) in [6.07, 6.45) is 8.85. The number of ether oxygens (including phenoxy) is 1. The number of nitrogens with one attached hydrogen (secondary N) is 1. The summed E-state index contributed by atoms with van der Waals surface area (Å²) in [4.78, 5) is 21.9. The highest BCUT2D eigenvalue weighted by molar-refractivity contribution is 5.98. The molecule has 0 spiro atoms. The van der Waals surface area contributed by atoms with Crippen molar-refractivity contribution in [1.29, 1.82) is 0 Å². The smallest absolute Gasteiger partial charge is 0.274 e. The van der Waals surface area contributed by atoms with Crippen LogP contribution < -0.4 is 5.32 Å². The molecule has 2 aliphatic carbocycles. The van der Waals surface area contributed by atoms with E-state index in [9.17, 15) is 4.79 Å². The van der Waals surface area contributed by atoms with Crippen molar-refractivity contribution in [1.82, 2.24) is 19.7 Å². The molecule has 2 fully saturated rings. The molecule has 2 heterocycles. The Morgan fingerprint density at radius 3 is 2.74 bits per heavy atom. The van der Waals surface area contributed by atoms with Crippen LogP contribution in [0.4, 0.5) is 0 Å². The van der Waals surface area contributed by atoms with Gasteiger partial charge < -0.3 is 10.1 Å². The van der Waals surface area contributed by atoms with Gasteiger partial charge in [-0.25, -0.2) is 9.97 Å². The SMILES string of the molecule is CCCCO[C@H]1CC2CC[C@@H](C1)[C@H]2NC(=O)c1ncn2c(C)cc(C)nc12. The lowest BCUT2D eigenvalue weighted by atomic mass is 9.82. The number of unbranched alkanes of at least 4 members (excludes halogenated alkanes) is 1. The van der Waals surface area contributed by atoms with Gasteiger partial charge in [0.1, 0.15) is 6.33 Å². The number of amides is 1. The standard InChI is InChI=1S/C21H30N4O2/c1-4-5-8-27-17-10-15-6-7-16(11-17)18(15)24-21(26)19-20-23-13(2)9-14(3)25(20)12-22-19/h9,12,15-18H,4-8,10-11H2,1-3H3,(H,24,26)/t15-,16?,17+,18+/m0/s1. The Balaban J connectivity index is 1.45. The van der Waals surface area contributed by atoms with E-state index in [1.54, 1.807) is 6.33 Å². The topological polar surface area (TPSA) is 68.5 Å². The van der Waals surface area contributed by atoms with Crippen LogP contribution in [0.25, 0.3) is 5.65 Å². The number of hydrogen-bond donors (Lipinski definition) is 1. The molecule has 0 aromatic carbocycles. The first kappa shape index (κ1) is 18.4. The third-order valence-corrected chi connectivity index (χ3v) is 6.24. The zero-order valence-electron chi connectivity index (χ0n) is 16.6. The molecule has 1 amide bonds. The van der Waals surface area contributed by atoms with Crippen LogP contribution in [-0.2, 0) is 4.74 Å². The molecule has 0 saturated heterocycles. The summed E-state index contributed by atoms with van der Waals surface area (Å²) in [6, 6.07) is 2.24. The van der Waals surface area contributed by atoms with Crippen molar-refractivity contribution >= 4 is 11.6 Å². The fourth-order valence-corrected chi connectivity index (χ4v) is 4.90. The maximum Gasteiger partial charge on any atom is 0.274 e. The third kappa shape index (κ3) is 3.59. The van der Waals surface area contributed by atoms with Crippen LogP contribution in [0, 0.1) is 25.7 Å². The Hall–Kier alpha value is -1.95. The van der Waals surface area contributed by atoms with E-state index in [4.69, 9.17) is 4.74 Å². The van der Waals surface area contributed by atoms with Crippen molar-refractivity contribution in [2.75, 3.05) is 6.61 Å². The van der Waals surface area contributed by atoms with Crippen LogP contribution in [0.5, 0.6) is 0 Å². The number of carbonyl (C=O) groups excluding carboxylic acids is 1. The Labute approximate surface area is 160 Å². The average Bonchev–Trinajstić information content (AvgIpc) is 3.14. The van der Waals surface area contributed by atoms with Gasteiger partial charge in [-0.2, -0.15) is 0 Å². The van der Waals surface area contributed by atoms with E-state index in [0.717, 1.165) is 37.3 Å². The molecule has 2 saturated carbocycles. The van der Waals surface area contributed by atoms with E-state index in [-0.39, 0.29) is 11.9 Å². The highest BCUT2D eigenvalue weighted by Crippen LogP contribution is 2.43. The average molecular weight is 370 g/mol. The molecule has 27 heavy (non-hydrogen) atoms. The van der Waals surface area contributed by atoms with Gasteiger partial charge in [0.15, 0.2) is 11.3 Å². The van der Waals surface area contributed by atoms with Crippen molar-refractivity contribution in [2.24, 2.45) is 11.8 Å². The zero-order valence-corrected chi connectivity index (χ0v) is 16.6. The van der Waals surface area contributed by atoms with Crippen LogP contribution in [0.3, 0.4) is 0 Å². The van der Waals surface area contributed by atoms with E-state index >= 15 is 0 Å². The molecule has 2 bridgehead atoms. The second kappa shape index (κ2) is 7.58. The van der Waals surface area contributed by atoms with Crippen LogP contribution >= 0.6 is 0 Å². The quantitative estimate of drug-likeness (QED) is 0.791. The zero-order chi connectivity index (χ0) is 19.0.